The van der Waals surface area contributed by atoms with E-state index in [1.54, 1.807) is 0 Å². The molecule has 2 N–H and O–H groups in total. The third-order valence-corrected chi connectivity index (χ3v) is 4.58. The van der Waals surface area contributed by atoms with Gasteiger partial charge in [0.15, 0.2) is 6.61 Å². The number of nitrogens with one attached hydrogen (secondary N) is 2. The topological polar surface area (TPSA) is 67.4 Å². The van der Waals surface area contributed by atoms with Crippen LogP contribution in [-0.2, 0) is 11.0 Å². The summed E-state index contributed by atoms with van der Waals surface area (Å²) in [6.07, 6.45) is -4.50. The van der Waals surface area contributed by atoms with Gasteiger partial charge in [-0.15, -0.1) is 0 Å². The molecule has 3 rings (SSSR count). The van der Waals surface area contributed by atoms with Crippen molar-refractivity contribution in [3.8, 4) is 5.75 Å². The van der Waals surface area contributed by atoms with Crippen LogP contribution in [-0.4, -0.2) is 18.4 Å². The summed E-state index contributed by atoms with van der Waals surface area (Å²) in [7, 11) is 0. The van der Waals surface area contributed by atoms with Crippen molar-refractivity contribution in [1.82, 2.24) is 0 Å². The van der Waals surface area contributed by atoms with E-state index in [1.165, 1.54) is 36.4 Å². The van der Waals surface area contributed by atoms with Crippen molar-refractivity contribution in [2.24, 2.45) is 0 Å². The summed E-state index contributed by atoms with van der Waals surface area (Å²) in [6.45, 7) is 3.63. The van der Waals surface area contributed by atoms with Crippen molar-refractivity contribution in [1.29, 1.82) is 0 Å². The van der Waals surface area contributed by atoms with Crippen LogP contribution in [0, 0.1) is 13.8 Å². The molecule has 32 heavy (non-hydrogen) atoms. The number of ether oxygens (including phenoxy) is 1. The van der Waals surface area contributed by atoms with Crippen molar-refractivity contribution >= 4 is 23.2 Å². The molecule has 0 spiro atoms. The molecule has 0 atom stereocenters. The lowest BCUT2D eigenvalue weighted by Gasteiger charge is -2.11. The van der Waals surface area contributed by atoms with Gasteiger partial charge in [0.2, 0.25) is 0 Å². The molecule has 0 saturated carbocycles. The number of rotatable bonds is 6. The molecule has 3 aromatic carbocycles. The van der Waals surface area contributed by atoms with Gasteiger partial charge in [-0.05, 0) is 73.5 Å². The van der Waals surface area contributed by atoms with Crippen LogP contribution in [0.5, 0.6) is 5.75 Å². The lowest BCUT2D eigenvalue weighted by molar-refractivity contribution is -0.137. The van der Waals surface area contributed by atoms with E-state index in [0.717, 1.165) is 23.3 Å². The van der Waals surface area contributed by atoms with Crippen LogP contribution < -0.4 is 15.4 Å². The summed E-state index contributed by atoms with van der Waals surface area (Å²) in [5.74, 6) is -0.311. The Hall–Kier alpha value is -3.81. The second-order valence-electron chi connectivity index (χ2n) is 7.22. The number of hydrogen-bond acceptors (Lipinski definition) is 3. The van der Waals surface area contributed by atoms with Gasteiger partial charge in [0.05, 0.1) is 5.56 Å². The van der Waals surface area contributed by atoms with Gasteiger partial charge in [-0.2, -0.15) is 13.2 Å². The highest BCUT2D eigenvalue weighted by molar-refractivity contribution is 6.04. The molecule has 0 fully saturated rings. The van der Waals surface area contributed by atoms with Crippen molar-refractivity contribution in [3.05, 3.63) is 89.0 Å². The Labute approximate surface area is 183 Å². The molecule has 0 radical (unpaired) electrons. The zero-order valence-corrected chi connectivity index (χ0v) is 17.4. The molecular weight excluding hydrogens is 421 g/mol. The Kier molecular flexibility index (Phi) is 6.82. The maximum Gasteiger partial charge on any atom is 0.416 e. The standard InChI is InChI=1S/C24H21F3N2O3/c1-15-6-7-16(2)21(12-15)32-14-22(30)28-19-10-8-17(9-11-19)23(31)29-20-5-3-4-18(13-20)24(25,26)27/h3-13H,14H2,1-2H3,(H,28,30)(H,29,31). The Balaban J connectivity index is 1.57. The summed E-state index contributed by atoms with van der Waals surface area (Å²) in [5, 5.41) is 5.10. The molecule has 0 unspecified atom stereocenters. The number of amides is 2. The second-order valence-corrected chi connectivity index (χ2v) is 7.22. The Bertz CT molecular complexity index is 1130. The van der Waals surface area contributed by atoms with E-state index in [0.29, 0.717) is 11.4 Å². The molecule has 0 bridgehead atoms. The molecule has 3 aromatic rings. The van der Waals surface area contributed by atoms with Crippen LogP contribution in [0.15, 0.2) is 66.7 Å². The van der Waals surface area contributed by atoms with Gasteiger partial charge in [0.1, 0.15) is 5.75 Å². The van der Waals surface area contributed by atoms with E-state index in [-0.39, 0.29) is 23.8 Å². The molecule has 0 aliphatic carbocycles. The summed E-state index contributed by atoms with van der Waals surface area (Å²) >= 11 is 0. The summed E-state index contributed by atoms with van der Waals surface area (Å²) < 4.78 is 44.0. The molecule has 0 heterocycles. The highest BCUT2D eigenvalue weighted by Gasteiger charge is 2.30. The molecule has 0 aliphatic rings. The molecule has 0 saturated heterocycles. The van der Waals surface area contributed by atoms with Crippen LogP contribution in [0.4, 0.5) is 24.5 Å². The lowest BCUT2D eigenvalue weighted by atomic mass is 10.1. The van der Waals surface area contributed by atoms with Crippen LogP contribution in [0.3, 0.4) is 0 Å². The average Bonchev–Trinajstić information content (AvgIpc) is 2.74. The molecule has 2 amide bonds. The fourth-order valence-corrected chi connectivity index (χ4v) is 2.88. The van der Waals surface area contributed by atoms with Gasteiger partial charge in [-0.1, -0.05) is 18.2 Å². The largest absolute Gasteiger partial charge is 0.483 e. The molecule has 5 nitrogen and oxygen atoms in total. The molecule has 0 aromatic heterocycles. The predicted octanol–water partition coefficient (Wildman–Crippen LogP) is 5.59. The van der Waals surface area contributed by atoms with Gasteiger partial charge >= 0.3 is 6.18 Å². The molecular formula is C24H21F3N2O3. The van der Waals surface area contributed by atoms with Crippen LogP contribution in [0.25, 0.3) is 0 Å². The van der Waals surface area contributed by atoms with E-state index < -0.39 is 17.6 Å². The van der Waals surface area contributed by atoms with Crippen molar-refractivity contribution in [3.63, 3.8) is 0 Å². The Morgan fingerprint density at radius 2 is 1.59 bits per heavy atom. The maximum atomic E-state index is 12.8. The van der Waals surface area contributed by atoms with E-state index in [4.69, 9.17) is 4.74 Å². The minimum Gasteiger partial charge on any atom is -0.483 e. The molecule has 8 heteroatoms. The highest BCUT2D eigenvalue weighted by atomic mass is 19.4. The zero-order chi connectivity index (χ0) is 23.3. The second kappa shape index (κ2) is 9.55. The van der Waals surface area contributed by atoms with Gasteiger partial charge in [0.25, 0.3) is 11.8 Å². The predicted molar refractivity (Wildman–Crippen MR) is 116 cm³/mol. The van der Waals surface area contributed by atoms with E-state index in [2.05, 4.69) is 10.6 Å². The minimum atomic E-state index is -4.50. The Morgan fingerprint density at radius 3 is 2.28 bits per heavy atom. The first-order valence-corrected chi connectivity index (χ1v) is 9.70. The molecule has 166 valence electrons. The Morgan fingerprint density at radius 1 is 0.875 bits per heavy atom. The van der Waals surface area contributed by atoms with Crippen molar-refractivity contribution in [2.75, 3.05) is 17.2 Å². The number of hydrogen-bond donors (Lipinski definition) is 2. The maximum absolute atomic E-state index is 12.8. The third-order valence-electron chi connectivity index (χ3n) is 4.58. The zero-order valence-electron chi connectivity index (χ0n) is 17.4. The number of anilines is 2. The van der Waals surface area contributed by atoms with Crippen molar-refractivity contribution < 1.29 is 27.5 Å². The smallest absolute Gasteiger partial charge is 0.416 e. The van der Waals surface area contributed by atoms with Gasteiger partial charge in [0, 0.05) is 16.9 Å². The van der Waals surface area contributed by atoms with Gasteiger partial charge < -0.3 is 15.4 Å². The normalized spacial score (nSPS) is 11.0. The number of carbonyl (C=O) groups excluding carboxylic acids is 2. The van der Waals surface area contributed by atoms with Gasteiger partial charge in [-0.25, -0.2) is 0 Å². The fourth-order valence-electron chi connectivity index (χ4n) is 2.88. The number of carbonyl (C=O) groups is 2. The number of benzene rings is 3. The number of halogens is 3. The van der Waals surface area contributed by atoms with Crippen LogP contribution in [0.2, 0.25) is 0 Å². The number of alkyl halides is 3. The minimum absolute atomic E-state index is 0.0331. The van der Waals surface area contributed by atoms with E-state index in [9.17, 15) is 22.8 Å². The first-order chi connectivity index (χ1) is 15.1. The quantitative estimate of drug-likeness (QED) is 0.523. The van der Waals surface area contributed by atoms with Crippen LogP contribution >= 0.6 is 0 Å². The monoisotopic (exact) mass is 442 g/mol. The summed E-state index contributed by atoms with van der Waals surface area (Å²) in [5.41, 5.74) is 1.80. The average molecular weight is 442 g/mol. The molecule has 0 aliphatic heterocycles. The number of aryl methyl sites for hydroxylation is 2. The first kappa shape index (κ1) is 22.9. The summed E-state index contributed by atoms with van der Waals surface area (Å²) in [6, 6.07) is 16.1. The third kappa shape index (κ3) is 6.10. The van der Waals surface area contributed by atoms with E-state index >= 15 is 0 Å². The summed E-state index contributed by atoms with van der Waals surface area (Å²) in [4.78, 5) is 24.5. The fraction of sp³-hybridized carbons (Fsp3) is 0.167. The van der Waals surface area contributed by atoms with Gasteiger partial charge in [-0.3, -0.25) is 9.59 Å². The SMILES string of the molecule is Cc1ccc(C)c(OCC(=O)Nc2ccc(C(=O)Nc3cccc(C(F)(F)F)c3)cc2)c1. The highest BCUT2D eigenvalue weighted by Crippen LogP contribution is 2.30. The van der Waals surface area contributed by atoms with Crippen LogP contribution in [0.1, 0.15) is 27.0 Å². The first-order valence-electron chi connectivity index (χ1n) is 9.70. The van der Waals surface area contributed by atoms with E-state index in [1.807, 2.05) is 32.0 Å². The lowest BCUT2D eigenvalue weighted by Crippen LogP contribution is -2.20. The van der Waals surface area contributed by atoms with Crippen molar-refractivity contribution in [2.45, 2.75) is 20.0 Å².